The first-order valence-electron chi connectivity index (χ1n) is 9.10. The largest absolute Gasteiger partial charge is 0.339 e. The lowest BCUT2D eigenvalue weighted by molar-refractivity contribution is 0.187. The van der Waals surface area contributed by atoms with E-state index in [-0.39, 0.29) is 11.6 Å². The lowest BCUT2D eigenvalue weighted by atomic mass is 9.97. The third-order valence-electron chi connectivity index (χ3n) is 4.85. The van der Waals surface area contributed by atoms with Crippen molar-refractivity contribution in [2.45, 2.75) is 18.8 Å². The molecule has 0 unspecified atom stereocenters. The number of nitrogens with one attached hydrogen (secondary N) is 1. The summed E-state index contributed by atoms with van der Waals surface area (Å²) < 4.78 is 33.1. The van der Waals surface area contributed by atoms with Crippen LogP contribution < -0.4 is 5.32 Å². The van der Waals surface area contributed by atoms with Gasteiger partial charge in [0.25, 0.3) is 0 Å². The molecule has 1 aliphatic heterocycles. The van der Waals surface area contributed by atoms with E-state index < -0.39 is 17.7 Å². The number of hydrogen-bond acceptors (Lipinski definition) is 4. The molecule has 2 aromatic carbocycles. The van der Waals surface area contributed by atoms with Gasteiger partial charge in [0.05, 0.1) is 5.69 Å². The van der Waals surface area contributed by atoms with Crippen molar-refractivity contribution in [3.05, 3.63) is 64.5 Å². The number of aromatic nitrogens is 2. The molecule has 2 heterocycles. The summed E-state index contributed by atoms with van der Waals surface area (Å²) in [6.45, 7) is 0.935. The SMILES string of the molecule is O=C(Nc1ccc(F)cc1F)N1CCC(c2nc(-c3ccc(Br)cc3)no2)CC1. The highest BCUT2D eigenvalue weighted by Crippen LogP contribution is 2.29. The minimum atomic E-state index is -0.806. The van der Waals surface area contributed by atoms with Gasteiger partial charge in [-0.25, -0.2) is 13.6 Å². The van der Waals surface area contributed by atoms with E-state index in [2.05, 4.69) is 31.4 Å². The van der Waals surface area contributed by atoms with Crippen LogP contribution in [-0.2, 0) is 0 Å². The quantitative estimate of drug-likeness (QED) is 0.581. The lowest BCUT2D eigenvalue weighted by Crippen LogP contribution is -2.40. The molecule has 0 aliphatic carbocycles. The maximum atomic E-state index is 13.7. The molecule has 9 heteroatoms. The second kappa shape index (κ2) is 8.28. The highest BCUT2D eigenvalue weighted by molar-refractivity contribution is 9.10. The van der Waals surface area contributed by atoms with Crippen molar-refractivity contribution in [3.8, 4) is 11.4 Å². The molecule has 4 rings (SSSR count). The minimum Gasteiger partial charge on any atom is -0.339 e. The number of piperidine rings is 1. The van der Waals surface area contributed by atoms with E-state index in [4.69, 9.17) is 4.52 Å². The number of likely N-dealkylation sites (tertiary alicyclic amines) is 1. The van der Waals surface area contributed by atoms with Crippen LogP contribution in [0.15, 0.2) is 51.5 Å². The Hall–Kier alpha value is -2.81. The third-order valence-corrected chi connectivity index (χ3v) is 5.38. The van der Waals surface area contributed by atoms with Crippen LogP contribution in [0.1, 0.15) is 24.7 Å². The van der Waals surface area contributed by atoms with E-state index in [0.717, 1.165) is 22.2 Å². The molecular formula is C20H17BrF2N4O2. The van der Waals surface area contributed by atoms with Crippen molar-refractivity contribution < 1.29 is 18.1 Å². The monoisotopic (exact) mass is 462 g/mol. The first kappa shape index (κ1) is 19.5. The van der Waals surface area contributed by atoms with Crippen molar-refractivity contribution in [1.82, 2.24) is 15.0 Å². The number of amides is 2. The van der Waals surface area contributed by atoms with Gasteiger partial charge in [-0.05, 0) is 49.2 Å². The molecule has 1 N–H and O–H groups in total. The van der Waals surface area contributed by atoms with Crippen LogP contribution in [0.5, 0.6) is 0 Å². The van der Waals surface area contributed by atoms with Gasteiger partial charge >= 0.3 is 6.03 Å². The molecule has 0 radical (unpaired) electrons. The van der Waals surface area contributed by atoms with Crippen molar-refractivity contribution in [1.29, 1.82) is 0 Å². The zero-order valence-corrected chi connectivity index (χ0v) is 16.8. The molecule has 1 aromatic heterocycles. The van der Waals surface area contributed by atoms with Crippen LogP contribution in [0.4, 0.5) is 19.3 Å². The Morgan fingerprint density at radius 2 is 1.86 bits per heavy atom. The number of carbonyl (C=O) groups excluding carboxylic acids is 1. The van der Waals surface area contributed by atoms with Gasteiger partial charge in [-0.2, -0.15) is 4.98 Å². The summed E-state index contributed by atoms with van der Waals surface area (Å²) in [6.07, 6.45) is 1.31. The molecule has 2 amide bonds. The number of anilines is 1. The Kier molecular flexibility index (Phi) is 5.57. The Bertz CT molecular complexity index is 1020. The molecule has 1 aliphatic rings. The molecule has 3 aromatic rings. The summed E-state index contributed by atoms with van der Waals surface area (Å²) in [4.78, 5) is 18.4. The molecule has 0 bridgehead atoms. The highest BCUT2D eigenvalue weighted by Gasteiger charge is 2.28. The first-order chi connectivity index (χ1) is 14.0. The Morgan fingerprint density at radius 1 is 1.14 bits per heavy atom. The van der Waals surface area contributed by atoms with Crippen LogP contribution in [0.25, 0.3) is 11.4 Å². The van der Waals surface area contributed by atoms with E-state index in [1.54, 1.807) is 4.90 Å². The average molecular weight is 463 g/mol. The predicted octanol–water partition coefficient (Wildman–Crippen LogP) is 5.19. The number of rotatable bonds is 3. The molecule has 0 atom stereocenters. The van der Waals surface area contributed by atoms with Crippen LogP contribution in [-0.4, -0.2) is 34.2 Å². The number of urea groups is 1. The summed E-state index contributed by atoms with van der Waals surface area (Å²) in [5.41, 5.74) is 0.816. The first-order valence-corrected chi connectivity index (χ1v) is 9.89. The Morgan fingerprint density at radius 3 is 2.55 bits per heavy atom. The molecule has 6 nitrogen and oxygen atoms in total. The Balaban J connectivity index is 1.35. The number of nitrogens with zero attached hydrogens (tertiary/aromatic N) is 3. The second-order valence-electron chi connectivity index (χ2n) is 6.78. The normalized spacial score (nSPS) is 14.8. The summed E-state index contributed by atoms with van der Waals surface area (Å²) in [6, 6.07) is 10.2. The van der Waals surface area contributed by atoms with Crippen molar-refractivity contribution in [3.63, 3.8) is 0 Å². The van der Waals surface area contributed by atoms with E-state index in [1.807, 2.05) is 24.3 Å². The fourth-order valence-corrected chi connectivity index (χ4v) is 3.50. The van der Waals surface area contributed by atoms with Crippen molar-refractivity contribution in [2.24, 2.45) is 0 Å². The second-order valence-corrected chi connectivity index (χ2v) is 7.69. The summed E-state index contributed by atoms with van der Waals surface area (Å²) in [5, 5.41) is 6.53. The zero-order valence-electron chi connectivity index (χ0n) is 15.2. The van der Waals surface area contributed by atoms with Gasteiger partial charge in [0, 0.05) is 35.1 Å². The summed E-state index contributed by atoms with van der Waals surface area (Å²) in [7, 11) is 0. The van der Waals surface area contributed by atoms with Crippen LogP contribution in [0.3, 0.4) is 0 Å². The van der Waals surface area contributed by atoms with Gasteiger partial charge in [-0.3, -0.25) is 0 Å². The van der Waals surface area contributed by atoms with E-state index >= 15 is 0 Å². The third kappa shape index (κ3) is 4.45. The fraction of sp³-hybridized carbons (Fsp3) is 0.250. The fourth-order valence-electron chi connectivity index (χ4n) is 3.23. The number of hydrogen-bond donors (Lipinski definition) is 1. The van der Waals surface area contributed by atoms with E-state index in [0.29, 0.717) is 37.6 Å². The number of carbonyl (C=O) groups is 1. The Labute approximate surface area is 174 Å². The smallest absolute Gasteiger partial charge is 0.321 e. The molecule has 1 saturated heterocycles. The van der Waals surface area contributed by atoms with Crippen LogP contribution in [0, 0.1) is 11.6 Å². The number of benzene rings is 2. The maximum Gasteiger partial charge on any atom is 0.321 e. The average Bonchev–Trinajstić information content (AvgIpc) is 3.21. The van der Waals surface area contributed by atoms with Crippen molar-refractivity contribution >= 4 is 27.6 Å². The van der Waals surface area contributed by atoms with Crippen LogP contribution in [0.2, 0.25) is 0 Å². The molecule has 0 spiro atoms. The van der Waals surface area contributed by atoms with Gasteiger partial charge in [0.2, 0.25) is 11.7 Å². The summed E-state index contributed by atoms with van der Waals surface area (Å²) in [5.74, 6) is -0.367. The van der Waals surface area contributed by atoms with Gasteiger partial charge in [0.15, 0.2) is 0 Å². The van der Waals surface area contributed by atoms with E-state index in [1.165, 1.54) is 6.07 Å². The molecular weight excluding hydrogens is 446 g/mol. The molecule has 29 heavy (non-hydrogen) atoms. The van der Waals surface area contributed by atoms with Crippen molar-refractivity contribution in [2.75, 3.05) is 18.4 Å². The van der Waals surface area contributed by atoms with Gasteiger partial charge in [-0.15, -0.1) is 0 Å². The summed E-state index contributed by atoms with van der Waals surface area (Å²) >= 11 is 3.39. The maximum absolute atomic E-state index is 13.7. The predicted molar refractivity (Wildman–Crippen MR) is 106 cm³/mol. The van der Waals surface area contributed by atoms with Gasteiger partial charge in [0.1, 0.15) is 11.6 Å². The minimum absolute atomic E-state index is 0.0467. The molecule has 150 valence electrons. The lowest BCUT2D eigenvalue weighted by Gasteiger charge is -2.30. The standard InChI is InChI=1S/C20H17BrF2N4O2/c21-14-3-1-12(2-4-14)18-25-19(29-26-18)13-7-9-27(10-8-13)20(28)24-17-6-5-15(22)11-16(17)23/h1-6,11,13H,7-10H2,(H,24,28). The number of halogens is 3. The van der Waals surface area contributed by atoms with Gasteiger partial charge < -0.3 is 14.7 Å². The van der Waals surface area contributed by atoms with Gasteiger partial charge in [-0.1, -0.05) is 21.1 Å². The molecule has 0 saturated carbocycles. The molecule has 1 fully saturated rings. The zero-order chi connectivity index (χ0) is 20.4. The highest BCUT2D eigenvalue weighted by atomic mass is 79.9. The van der Waals surface area contributed by atoms with E-state index in [9.17, 15) is 13.6 Å². The van der Waals surface area contributed by atoms with Crippen LogP contribution >= 0.6 is 15.9 Å². The topological polar surface area (TPSA) is 71.3 Å².